The predicted octanol–water partition coefficient (Wildman–Crippen LogP) is 20.4. The topological polar surface area (TPSA) is 0 Å². The van der Waals surface area contributed by atoms with E-state index in [1.54, 1.807) is 0 Å². The molecule has 0 aliphatic heterocycles. The number of benzene rings is 14. The normalized spacial score (nSPS) is 15.6. The first-order valence-corrected chi connectivity index (χ1v) is 30.9. The Morgan fingerprint density at radius 1 is 0.238 bits per heavy atom. The maximum absolute atomic E-state index is 3.94. The fourth-order valence-corrected chi connectivity index (χ4v) is 16.8. The van der Waals surface area contributed by atoms with Crippen molar-refractivity contribution in [1.29, 1.82) is 0 Å². The zero-order chi connectivity index (χ0) is 56.3. The van der Waals surface area contributed by atoms with E-state index >= 15 is 0 Å². The van der Waals surface area contributed by atoms with Crippen molar-refractivity contribution in [3.63, 3.8) is 0 Å². The molecule has 0 saturated heterocycles. The van der Waals surface area contributed by atoms with Crippen LogP contribution in [0.1, 0.15) is 38.8 Å². The lowest BCUT2D eigenvalue weighted by Crippen LogP contribution is -2.28. The molecule has 0 N–H and O–H groups in total. The van der Waals surface area contributed by atoms with Gasteiger partial charge in [0.2, 0.25) is 0 Å². The van der Waals surface area contributed by atoms with E-state index in [-0.39, 0.29) is 10.8 Å². The molecule has 0 heterocycles. The zero-order valence-corrected chi connectivity index (χ0v) is 50.2. The van der Waals surface area contributed by atoms with Crippen molar-refractivity contribution in [1.82, 2.24) is 0 Å². The Hall–Kier alpha value is -8.92. The minimum absolute atomic E-state index is 0.142. The van der Waals surface area contributed by atoms with E-state index in [2.05, 4.69) is 314 Å². The quantitative estimate of drug-likeness (QED) is 0.120. The molecule has 4 aliphatic rings. The molecule has 0 nitrogen and oxygen atoms in total. The van der Waals surface area contributed by atoms with Crippen LogP contribution in [0, 0.1) is 10.8 Å². The van der Waals surface area contributed by atoms with Gasteiger partial charge in [-0.15, -0.1) is 0 Å². The second-order valence-electron chi connectivity index (χ2n) is 24.6. The first-order valence-electron chi connectivity index (χ1n) is 29.3. The van der Waals surface area contributed by atoms with Crippen LogP contribution in [0.4, 0.5) is 0 Å². The van der Waals surface area contributed by atoms with Crippen LogP contribution < -0.4 is 20.9 Å². The number of allylic oxidation sites excluding steroid dienone is 8. The van der Waals surface area contributed by atoms with Crippen LogP contribution in [0.15, 0.2) is 263 Å². The average molecular weight is 1200 g/mol. The van der Waals surface area contributed by atoms with Crippen LogP contribution in [0.5, 0.6) is 0 Å². The molecule has 2 heteroatoms. The summed E-state index contributed by atoms with van der Waals surface area (Å²) in [5.41, 5.74) is 10.4. The van der Waals surface area contributed by atoms with E-state index in [4.69, 9.17) is 0 Å². The first-order chi connectivity index (χ1) is 41.0. The van der Waals surface area contributed by atoms with Gasteiger partial charge in [0.15, 0.2) is 0 Å². The summed E-state index contributed by atoms with van der Waals surface area (Å²) < 4.78 is 2.33. The molecule has 14 aromatic carbocycles. The molecule has 0 atom stereocenters. The van der Waals surface area contributed by atoms with Gasteiger partial charge in [-0.1, -0.05) is 234 Å². The summed E-state index contributed by atoms with van der Waals surface area (Å²) in [5, 5.41) is 31.4. The molecule has 0 bridgehead atoms. The van der Waals surface area contributed by atoms with Gasteiger partial charge in [-0.25, -0.2) is 0 Å². The standard InChI is InChI=1S/2C41H27Br/c2*1-41(2)23-26(38-31-15-7-9-17-33(31)40(42)34-18-10-8-16-32(34)38)20-25-19-24-21-36-29-13-5-3-11-27(29)28-12-4-6-14-30(28)37(36)22-35(24)39(25)41/h2*3-23H,1-2H3. The van der Waals surface area contributed by atoms with Gasteiger partial charge in [-0.05, 0) is 254 Å². The molecule has 0 spiro atoms. The van der Waals surface area contributed by atoms with Gasteiger partial charge < -0.3 is 0 Å². The third-order valence-corrected chi connectivity index (χ3v) is 20.5. The van der Waals surface area contributed by atoms with E-state index in [9.17, 15) is 0 Å². The Labute approximate surface area is 503 Å². The van der Waals surface area contributed by atoms with Crippen LogP contribution in [0.25, 0.3) is 142 Å². The maximum atomic E-state index is 3.94. The monoisotopic (exact) mass is 1200 g/mol. The summed E-state index contributed by atoms with van der Waals surface area (Å²) in [4.78, 5) is 0. The smallest absolute Gasteiger partial charge is 0.0332 e. The first kappa shape index (κ1) is 49.7. The third kappa shape index (κ3) is 7.24. The SMILES string of the molecule is CC1(C)C=C(c2c3ccccc3c(Br)c3ccccc23)C=C2C=c3cc4c5ccccc5c5ccccc5c4cc3=C21.CC1(C)C=C(c2c3ccccc3c(Br)c3ccccc23)C=C2C=c3cc4c5ccccc5c5ccccc5c4cc3=C21. The van der Waals surface area contributed by atoms with Gasteiger partial charge in [0.05, 0.1) is 0 Å². The van der Waals surface area contributed by atoms with E-state index < -0.39 is 0 Å². The highest BCUT2D eigenvalue weighted by Gasteiger charge is 2.34. The third-order valence-electron chi connectivity index (χ3n) is 18.8. The molecular formula is C82H54Br2. The molecule has 18 rings (SSSR count). The number of hydrogen-bond donors (Lipinski definition) is 0. The Kier molecular flexibility index (Phi) is 10.8. The minimum Gasteiger partial charge on any atom is -0.0665 e. The van der Waals surface area contributed by atoms with Gasteiger partial charge >= 0.3 is 0 Å². The average Bonchev–Trinajstić information content (AvgIpc) is 1.80. The molecule has 0 aromatic heterocycles. The lowest BCUT2D eigenvalue weighted by Gasteiger charge is -2.30. The largest absolute Gasteiger partial charge is 0.0665 e. The van der Waals surface area contributed by atoms with Crippen molar-refractivity contribution in [3.05, 3.63) is 295 Å². The number of rotatable bonds is 2. The van der Waals surface area contributed by atoms with Crippen molar-refractivity contribution in [3.8, 4) is 0 Å². The minimum atomic E-state index is -0.142. The fraction of sp³-hybridized carbons (Fsp3) is 0.0732. The van der Waals surface area contributed by atoms with Crippen molar-refractivity contribution < 1.29 is 0 Å². The maximum Gasteiger partial charge on any atom is 0.0332 e. The van der Waals surface area contributed by atoms with E-state index in [0.717, 1.165) is 0 Å². The number of halogens is 2. The van der Waals surface area contributed by atoms with Gasteiger partial charge in [-0.2, -0.15) is 0 Å². The Morgan fingerprint density at radius 3 is 0.738 bits per heavy atom. The van der Waals surface area contributed by atoms with Crippen LogP contribution >= 0.6 is 31.9 Å². The van der Waals surface area contributed by atoms with Gasteiger partial charge in [0.25, 0.3) is 0 Å². The van der Waals surface area contributed by atoms with Gasteiger partial charge in [-0.3, -0.25) is 0 Å². The predicted molar refractivity (Wildman–Crippen MR) is 370 cm³/mol. The summed E-state index contributed by atoms with van der Waals surface area (Å²) in [6.45, 7) is 9.52. The van der Waals surface area contributed by atoms with Crippen LogP contribution in [0.2, 0.25) is 0 Å². The molecule has 4 aliphatic carbocycles. The Balaban J connectivity index is 0.000000132. The molecule has 0 saturated carbocycles. The second-order valence-corrected chi connectivity index (χ2v) is 26.2. The highest BCUT2D eigenvalue weighted by Crippen LogP contribution is 2.50. The van der Waals surface area contributed by atoms with Crippen LogP contribution in [0.3, 0.4) is 0 Å². The summed E-state index contributed by atoms with van der Waals surface area (Å²) in [5.74, 6) is 0. The number of fused-ring (bicyclic) bond motifs is 20. The lowest BCUT2D eigenvalue weighted by atomic mass is 9.73. The summed E-state index contributed by atoms with van der Waals surface area (Å²) in [6, 6.07) is 80.4. The van der Waals surface area contributed by atoms with E-state index in [1.165, 1.54) is 182 Å². The Bertz CT molecular complexity index is 5330. The molecule has 0 radical (unpaired) electrons. The second kappa shape index (κ2) is 18.3. The highest BCUT2D eigenvalue weighted by atomic mass is 79.9. The number of hydrogen-bond acceptors (Lipinski definition) is 0. The molecule has 84 heavy (non-hydrogen) atoms. The van der Waals surface area contributed by atoms with Crippen molar-refractivity contribution >= 4 is 174 Å². The lowest BCUT2D eigenvalue weighted by molar-refractivity contribution is 0.647. The summed E-state index contributed by atoms with van der Waals surface area (Å²) >= 11 is 7.88. The summed E-state index contributed by atoms with van der Waals surface area (Å²) in [7, 11) is 0. The van der Waals surface area contributed by atoms with Crippen molar-refractivity contribution in [2.24, 2.45) is 10.8 Å². The van der Waals surface area contributed by atoms with Crippen LogP contribution in [-0.2, 0) is 0 Å². The molecule has 14 aromatic rings. The van der Waals surface area contributed by atoms with Crippen molar-refractivity contribution in [2.75, 3.05) is 0 Å². The Morgan fingerprint density at radius 2 is 0.464 bits per heavy atom. The molecule has 396 valence electrons. The van der Waals surface area contributed by atoms with E-state index in [1.807, 2.05) is 0 Å². The zero-order valence-electron chi connectivity index (χ0n) is 47.0. The van der Waals surface area contributed by atoms with Crippen molar-refractivity contribution in [2.45, 2.75) is 27.7 Å². The van der Waals surface area contributed by atoms with E-state index in [0.29, 0.717) is 0 Å². The summed E-state index contributed by atoms with van der Waals surface area (Å²) in [6.07, 6.45) is 14.7. The highest BCUT2D eigenvalue weighted by molar-refractivity contribution is 9.11. The van der Waals surface area contributed by atoms with Gasteiger partial charge in [0.1, 0.15) is 0 Å². The molecule has 0 fully saturated rings. The molecule has 0 amide bonds. The fourth-order valence-electron chi connectivity index (χ4n) is 15.5. The van der Waals surface area contributed by atoms with Gasteiger partial charge in [0, 0.05) is 19.8 Å². The molecule has 0 unspecified atom stereocenters. The molecular weight excluding hydrogens is 1140 g/mol. The van der Waals surface area contributed by atoms with Crippen LogP contribution in [-0.4, -0.2) is 0 Å².